The van der Waals surface area contributed by atoms with Gasteiger partial charge in [-0.15, -0.1) is 0 Å². The van der Waals surface area contributed by atoms with Crippen molar-refractivity contribution in [1.29, 1.82) is 0 Å². The average Bonchev–Trinajstić information content (AvgIpc) is 3.32. The van der Waals surface area contributed by atoms with Crippen molar-refractivity contribution >= 4 is 16.8 Å². The molecule has 1 heteroatoms. The van der Waals surface area contributed by atoms with Gasteiger partial charge in [0.05, 0.1) is 0 Å². The fourth-order valence-electron chi connectivity index (χ4n) is 7.26. The first-order valence-electron chi connectivity index (χ1n) is 17.8. The molecule has 250 valence electrons. The molecule has 2 aliphatic carbocycles. The second-order valence-corrected chi connectivity index (χ2v) is 13.9. The van der Waals surface area contributed by atoms with E-state index in [2.05, 4.69) is 180 Å². The highest BCUT2D eigenvalue weighted by Gasteiger charge is 2.34. The standard InChI is InChI=1S/C49H49N/c1-8-10-22-45-37(5)49(6,7)48-34-41(28-31-46(45)48)38(17-9-2)19-16-32-50(42-20-12-11-13-21-42)43-29-26-39(27-30-43)40-25-24-36(4)47(33-40)44-23-15-14-18-35(44)3/h8-12,14-20,22-31,33-34H,1-2,13,21,32H2,3-7H3/b19-16-,22-10-,38-17+. The van der Waals surface area contributed by atoms with Crippen LogP contribution < -0.4 is 4.90 Å². The molecule has 0 spiro atoms. The molecule has 0 aliphatic heterocycles. The normalized spacial score (nSPS) is 15.5. The van der Waals surface area contributed by atoms with Crippen LogP contribution in [0.4, 0.5) is 5.69 Å². The first-order chi connectivity index (χ1) is 24.2. The van der Waals surface area contributed by atoms with E-state index >= 15 is 0 Å². The van der Waals surface area contributed by atoms with Crippen molar-refractivity contribution in [3.63, 3.8) is 0 Å². The molecule has 0 aromatic heterocycles. The third kappa shape index (κ3) is 7.00. The number of fused-ring (bicyclic) bond motifs is 1. The van der Waals surface area contributed by atoms with Gasteiger partial charge in [-0.25, -0.2) is 0 Å². The van der Waals surface area contributed by atoms with Gasteiger partial charge >= 0.3 is 0 Å². The van der Waals surface area contributed by atoms with E-state index < -0.39 is 0 Å². The Kier molecular flexibility index (Phi) is 10.3. The topological polar surface area (TPSA) is 3.24 Å². The van der Waals surface area contributed by atoms with E-state index in [1.807, 2.05) is 18.2 Å². The maximum Gasteiger partial charge on any atom is 0.0412 e. The van der Waals surface area contributed by atoms with Crippen LogP contribution in [0.1, 0.15) is 61.4 Å². The Bertz CT molecular complexity index is 2100. The molecular weight excluding hydrogens is 603 g/mol. The lowest BCUT2D eigenvalue weighted by molar-refractivity contribution is 0.639. The summed E-state index contributed by atoms with van der Waals surface area (Å²) in [4.78, 5) is 2.44. The number of aryl methyl sites for hydroxylation is 2. The third-order valence-corrected chi connectivity index (χ3v) is 10.5. The van der Waals surface area contributed by atoms with Crippen LogP contribution in [0, 0.1) is 13.8 Å². The zero-order chi connectivity index (χ0) is 35.3. The van der Waals surface area contributed by atoms with Gasteiger partial charge in [0.2, 0.25) is 0 Å². The molecule has 0 unspecified atom stereocenters. The zero-order valence-electron chi connectivity index (χ0n) is 30.3. The average molecular weight is 652 g/mol. The predicted octanol–water partition coefficient (Wildman–Crippen LogP) is 13.3. The largest absolute Gasteiger partial charge is 0.341 e. The molecule has 0 N–H and O–H groups in total. The van der Waals surface area contributed by atoms with Crippen LogP contribution in [0.25, 0.3) is 33.4 Å². The number of hydrogen-bond donors (Lipinski definition) is 0. The summed E-state index contributed by atoms with van der Waals surface area (Å²) < 4.78 is 0. The van der Waals surface area contributed by atoms with E-state index in [1.54, 1.807) is 0 Å². The summed E-state index contributed by atoms with van der Waals surface area (Å²) in [5.41, 5.74) is 17.8. The Morgan fingerprint density at radius 1 is 0.800 bits per heavy atom. The van der Waals surface area contributed by atoms with E-state index in [0.29, 0.717) is 0 Å². The molecular formula is C49H49N. The van der Waals surface area contributed by atoms with Gasteiger partial charge in [0.1, 0.15) is 0 Å². The fourth-order valence-corrected chi connectivity index (χ4v) is 7.26. The number of anilines is 1. The summed E-state index contributed by atoms with van der Waals surface area (Å²) in [6.07, 6.45) is 23.4. The summed E-state index contributed by atoms with van der Waals surface area (Å²) in [5.74, 6) is 0. The van der Waals surface area contributed by atoms with Crippen molar-refractivity contribution in [2.75, 3.05) is 11.4 Å². The van der Waals surface area contributed by atoms with E-state index in [4.69, 9.17) is 0 Å². The monoisotopic (exact) mass is 651 g/mol. The second kappa shape index (κ2) is 15.0. The van der Waals surface area contributed by atoms with Gasteiger partial charge in [0, 0.05) is 23.3 Å². The van der Waals surface area contributed by atoms with Crippen LogP contribution in [-0.4, -0.2) is 6.54 Å². The number of allylic oxidation sites excluding steroid dienone is 13. The van der Waals surface area contributed by atoms with E-state index in [0.717, 1.165) is 25.0 Å². The summed E-state index contributed by atoms with van der Waals surface area (Å²) in [5, 5.41) is 0. The van der Waals surface area contributed by atoms with Gasteiger partial charge in [-0.3, -0.25) is 0 Å². The molecule has 0 fully saturated rings. The van der Waals surface area contributed by atoms with E-state index in [9.17, 15) is 0 Å². The summed E-state index contributed by atoms with van der Waals surface area (Å²) >= 11 is 0. The maximum absolute atomic E-state index is 4.05. The minimum absolute atomic E-state index is 0.0419. The Balaban J connectivity index is 1.27. The van der Waals surface area contributed by atoms with Crippen molar-refractivity contribution in [3.05, 3.63) is 198 Å². The highest BCUT2D eigenvalue weighted by Crippen LogP contribution is 2.47. The molecule has 4 aromatic rings. The van der Waals surface area contributed by atoms with Crippen molar-refractivity contribution in [2.24, 2.45) is 0 Å². The van der Waals surface area contributed by atoms with Gasteiger partial charge in [-0.05, 0) is 125 Å². The molecule has 1 nitrogen and oxygen atoms in total. The van der Waals surface area contributed by atoms with Crippen LogP contribution in [-0.2, 0) is 5.41 Å². The predicted molar refractivity (Wildman–Crippen MR) is 219 cm³/mol. The summed E-state index contributed by atoms with van der Waals surface area (Å²) in [7, 11) is 0. The minimum atomic E-state index is -0.0419. The highest BCUT2D eigenvalue weighted by atomic mass is 15.1. The molecule has 0 bridgehead atoms. The SMILES string of the molecule is C=C/C=C\C1=C(C)C(C)(C)c2cc(C(/C=C\CN(C3=CC=CCC3)c3ccc(-c4ccc(C)c(-c5ccccc5C)c4)cc3)=C/C=C)ccc21. The molecule has 0 amide bonds. The Morgan fingerprint density at radius 2 is 1.56 bits per heavy atom. The van der Waals surface area contributed by atoms with Crippen molar-refractivity contribution in [1.82, 2.24) is 0 Å². The Morgan fingerprint density at radius 3 is 2.28 bits per heavy atom. The molecule has 0 radical (unpaired) electrons. The number of benzene rings is 4. The molecule has 50 heavy (non-hydrogen) atoms. The summed E-state index contributed by atoms with van der Waals surface area (Å²) in [6, 6.07) is 31.4. The molecule has 0 saturated carbocycles. The van der Waals surface area contributed by atoms with Gasteiger partial charge < -0.3 is 4.90 Å². The fraction of sp³-hybridized carbons (Fsp3) is 0.184. The lowest BCUT2D eigenvalue weighted by atomic mass is 9.81. The van der Waals surface area contributed by atoms with Crippen LogP contribution in [0.3, 0.4) is 0 Å². The Hall–Kier alpha value is -5.40. The molecule has 2 aliphatic rings. The Labute approximate surface area is 300 Å². The van der Waals surface area contributed by atoms with E-state index in [-0.39, 0.29) is 5.41 Å². The van der Waals surface area contributed by atoms with Crippen LogP contribution in [0.15, 0.2) is 170 Å². The van der Waals surface area contributed by atoms with Crippen molar-refractivity contribution < 1.29 is 0 Å². The zero-order valence-corrected chi connectivity index (χ0v) is 30.3. The van der Waals surface area contributed by atoms with Gasteiger partial charge in [-0.1, -0.05) is 148 Å². The quantitative estimate of drug-likeness (QED) is 0.146. The second-order valence-electron chi connectivity index (χ2n) is 13.9. The molecule has 0 saturated heterocycles. The maximum atomic E-state index is 4.05. The van der Waals surface area contributed by atoms with Crippen LogP contribution >= 0.6 is 0 Å². The van der Waals surface area contributed by atoms with Gasteiger partial charge in [0.15, 0.2) is 0 Å². The first kappa shape index (κ1) is 34.5. The van der Waals surface area contributed by atoms with Crippen molar-refractivity contribution in [2.45, 2.75) is 52.9 Å². The van der Waals surface area contributed by atoms with Gasteiger partial charge in [-0.2, -0.15) is 0 Å². The lowest BCUT2D eigenvalue weighted by Crippen LogP contribution is -2.23. The molecule has 4 aromatic carbocycles. The first-order valence-corrected chi connectivity index (χ1v) is 17.8. The summed E-state index contributed by atoms with van der Waals surface area (Å²) in [6.45, 7) is 20.0. The van der Waals surface area contributed by atoms with Gasteiger partial charge in [0.25, 0.3) is 0 Å². The molecule has 0 heterocycles. The lowest BCUT2D eigenvalue weighted by Gasteiger charge is -2.28. The highest BCUT2D eigenvalue weighted by molar-refractivity contribution is 5.88. The van der Waals surface area contributed by atoms with E-state index in [1.165, 1.54) is 72.6 Å². The number of hydrogen-bond acceptors (Lipinski definition) is 1. The third-order valence-electron chi connectivity index (χ3n) is 10.5. The molecule has 0 atom stereocenters. The number of nitrogens with zero attached hydrogens (tertiary/aromatic N) is 1. The van der Waals surface area contributed by atoms with Crippen molar-refractivity contribution in [3.8, 4) is 22.3 Å². The van der Waals surface area contributed by atoms with Crippen LogP contribution in [0.2, 0.25) is 0 Å². The van der Waals surface area contributed by atoms with Crippen LogP contribution in [0.5, 0.6) is 0 Å². The minimum Gasteiger partial charge on any atom is -0.341 e. The number of rotatable bonds is 11. The molecule has 6 rings (SSSR count). The smallest absolute Gasteiger partial charge is 0.0412 e.